The number of carboxylic acid groups (broad SMARTS) is 1. The van der Waals surface area contributed by atoms with E-state index in [0.29, 0.717) is 0 Å². The van der Waals surface area contributed by atoms with Gasteiger partial charge in [-0.15, -0.1) is 0 Å². The molecule has 2 rings (SSSR count). The van der Waals surface area contributed by atoms with Crippen LogP contribution in [0.1, 0.15) is 10.4 Å². The Balaban J connectivity index is 2.43. The van der Waals surface area contributed by atoms with Gasteiger partial charge >= 0.3 is 11.7 Å². The van der Waals surface area contributed by atoms with Crippen molar-refractivity contribution in [1.82, 2.24) is 0 Å². The second-order valence-electron chi connectivity index (χ2n) is 4.73. The molecule has 0 atom stereocenters. The lowest BCUT2D eigenvalue weighted by Gasteiger charge is -2.10. The topological polar surface area (TPSA) is 156 Å². The standard InChI is InChI=1S/C14H12N2O8S/c1-24-13-5-3-9(7-11(13)16(20)21)25(22,23)15-8-2-4-12(17)10(6-8)14(18)19/h2-7,15,17H,1H3,(H,18,19). The van der Waals surface area contributed by atoms with Crippen molar-refractivity contribution in [3.8, 4) is 11.5 Å². The number of carbonyl (C=O) groups is 1. The lowest BCUT2D eigenvalue weighted by Crippen LogP contribution is -2.14. The van der Waals surface area contributed by atoms with Crippen LogP contribution in [-0.4, -0.2) is 36.6 Å². The summed E-state index contributed by atoms with van der Waals surface area (Å²) in [5.41, 5.74) is -1.17. The average molecular weight is 368 g/mol. The maximum Gasteiger partial charge on any atom is 0.339 e. The Kier molecular flexibility index (Phi) is 4.79. The van der Waals surface area contributed by atoms with Crippen LogP contribution in [0.15, 0.2) is 41.3 Å². The second-order valence-corrected chi connectivity index (χ2v) is 6.42. The zero-order valence-electron chi connectivity index (χ0n) is 12.7. The summed E-state index contributed by atoms with van der Waals surface area (Å²) >= 11 is 0. The number of carboxylic acids is 1. The molecular weight excluding hydrogens is 356 g/mol. The van der Waals surface area contributed by atoms with E-state index in [-0.39, 0.29) is 11.4 Å². The molecule has 0 aliphatic carbocycles. The van der Waals surface area contributed by atoms with Gasteiger partial charge in [-0.1, -0.05) is 0 Å². The minimum atomic E-state index is -4.23. The molecule has 0 aromatic heterocycles. The molecule has 10 nitrogen and oxygen atoms in total. The first-order valence-corrected chi connectivity index (χ1v) is 8.05. The highest BCUT2D eigenvalue weighted by Gasteiger charge is 2.22. The van der Waals surface area contributed by atoms with Crippen LogP contribution in [0.25, 0.3) is 0 Å². The molecule has 0 fully saturated rings. The lowest BCUT2D eigenvalue weighted by molar-refractivity contribution is -0.386. The highest BCUT2D eigenvalue weighted by Crippen LogP contribution is 2.30. The Bertz CT molecular complexity index is 955. The summed E-state index contributed by atoms with van der Waals surface area (Å²) in [5.74, 6) is -2.09. The number of phenols is 1. The van der Waals surface area contributed by atoms with E-state index in [1.165, 1.54) is 7.11 Å². The van der Waals surface area contributed by atoms with Gasteiger partial charge in [0.25, 0.3) is 10.0 Å². The summed E-state index contributed by atoms with van der Waals surface area (Å²) in [6.45, 7) is 0. The predicted octanol–water partition coefficient (Wildman–Crippen LogP) is 1.81. The number of nitro benzene ring substituents is 1. The maximum absolute atomic E-state index is 12.4. The number of aromatic hydroxyl groups is 1. The van der Waals surface area contributed by atoms with E-state index in [4.69, 9.17) is 9.84 Å². The zero-order valence-corrected chi connectivity index (χ0v) is 13.5. The van der Waals surface area contributed by atoms with Crippen molar-refractivity contribution in [1.29, 1.82) is 0 Å². The Labute approximate surface area is 141 Å². The van der Waals surface area contributed by atoms with Gasteiger partial charge < -0.3 is 14.9 Å². The quantitative estimate of drug-likeness (QED) is 0.396. The molecule has 2 aromatic rings. The fourth-order valence-corrected chi connectivity index (χ4v) is 3.03. The third-order valence-corrected chi connectivity index (χ3v) is 4.52. The second kappa shape index (κ2) is 6.65. The van der Waals surface area contributed by atoms with Crippen molar-refractivity contribution in [2.45, 2.75) is 4.90 Å². The van der Waals surface area contributed by atoms with Gasteiger partial charge in [0.1, 0.15) is 11.3 Å². The van der Waals surface area contributed by atoms with Crippen LogP contribution in [0.2, 0.25) is 0 Å². The van der Waals surface area contributed by atoms with Crippen LogP contribution >= 0.6 is 0 Å². The third kappa shape index (κ3) is 3.77. The predicted molar refractivity (Wildman–Crippen MR) is 85.5 cm³/mol. The number of ether oxygens (including phenoxy) is 1. The summed E-state index contributed by atoms with van der Waals surface area (Å²) in [7, 11) is -3.03. The highest BCUT2D eigenvalue weighted by molar-refractivity contribution is 7.92. The van der Waals surface area contributed by atoms with Crippen molar-refractivity contribution >= 4 is 27.4 Å². The first-order valence-electron chi connectivity index (χ1n) is 6.57. The molecule has 0 saturated heterocycles. The first kappa shape index (κ1) is 18.0. The van der Waals surface area contributed by atoms with E-state index >= 15 is 0 Å². The molecule has 0 unspecified atom stereocenters. The van der Waals surface area contributed by atoms with E-state index in [0.717, 1.165) is 36.4 Å². The largest absolute Gasteiger partial charge is 0.507 e. The van der Waals surface area contributed by atoms with E-state index in [2.05, 4.69) is 4.72 Å². The Morgan fingerprint density at radius 1 is 1.24 bits per heavy atom. The molecule has 2 aromatic carbocycles. The molecule has 0 bridgehead atoms. The van der Waals surface area contributed by atoms with Gasteiger partial charge in [-0.3, -0.25) is 14.8 Å². The minimum Gasteiger partial charge on any atom is -0.507 e. The molecule has 0 aliphatic heterocycles. The minimum absolute atomic E-state index is 0.109. The number of nitro groups is 1. The molecule has 132 valence electrons. The number of hydrogen-bond donors (Lipinski definition) is 3. The van der Waals surface area contributed by atoms with Crippen LogP contribution in [0, 0.1) is 10.1 Å². The van der Waals surface area contributed by atoms with E-state index in [1.54, 1.807) is 0 Å². The highest BCUT2D eigenvalue weighted by atomic mass is 32.2. The normalized spacial score (nSPS) is 10.9. The van der Waals surface area contributed by atoms with Gasteiger partial charge in [-0.05, 0) is 30.3 Å². The Morgan fingerprint density at radius 3 is 2.48 bits per heavy atom. The number of methoxy groups -OCH3 is 1. The number of hydrogen-bond acceptors (Lipinski definition) is 7. The summed E-state index contributed by atoms with van der Waals surface area (Å²) in [6.07, 6.45) is 0. The fraction of sp³-hybridized carbons (Fsp3) is 0.0714. The fourth-order valence-electron chi connectivity index (χ4n) is 1.96. The molecule has 0 heterocycles. The SMILES string of the molecule is COc1ccc(S(=O)(=O)Nc2ccc(O)c(C(=O)O)c2)cc1[N+](=O)[O-]. The van der Waals surface area contributed by atoms with Gasteiger partial charge in [0.15, 0.2) is 5.75 Å². The molecule has 0 amide bonds. The Hall–Kier alpha value is -3.34. The van der Waals surface area contributed by atoms with Gasteiger partial charge in [-0.25, -0.2) is 13.2 Å². The maximum atomic E-state index is 12.4. The smallest absolute Gasteiger partial charge is 0.339 e. The molecule has 0 spiro atoms. The monoisotopic (exact) mass is 368 g/mol. The van der Waals surface area contributed by atoms with Crippen molar-refractivity contribution in [2.24, 2.45) is 0 Å². The van der Waals surface area contributed by atoms with Crippen molar-refractivity contribution in [3.63, 3.8) is 0 Å². The van der Waals surface area contributed by atoms with Crippen LogP contribution < -0.4 is 9.46 Å². The number of nitrogens with zero attached hydrogens (tertiary/aromatic N) is 1. The van der Waals surface area contributed by atoms with E-state index in [9.17, 15) is 28.4 Å². The van der Waals surface area contributed by atoms with E-state index < -0.39 is 42.8 Å². The molecule has 0 saturated carbocycles. The molecule has 0 aliphatic rings. The van der Waals surface area contributed by atoms with Crippen molar-refractivity contribution in [2.75, 3.05) is 11.8 Å². The van der Waals surface area contributed by atoms with Gasteiger partial charge in [-0.2, -0.15) is 0 Å². The lowest BCUT2D eigenvalue weighted by atomic mass is 10.2. The number of aromatic carboxylic acids is 1. The third-order valence-electron chi connectivity index (χ3n) is 3.14. The molecule has 11 heteroatoms. The number of rotatable bonds is 6. The molecule has 25 heavy (non-hydrogen) atoms. The average Bonchev–Trinajstić information content (AvgIpc) is 2.55. The number of sulfonamides is 1. The Morgan fingerprint density at radius 2 is 1.92 bits per heavy atom. The summed E-state index contributed by atoms with van der Waals surface area (Å²) < 4.78 is 31.6. The van der Waals surface area contributed by atoms with Crippen LogP contribution in [0.3, 0.4) is 0 Å². The molecule has 0 radical (unpaired) electrons. The van der Waals surface area contributed by atoms with Gasteiger partial charge in [0.05, 0.1) is 16.9 Å². The summed E-state index contributed by atoms with van der Waals surface area (Å²) in [4.78, 5) is 20.8. The molecule has 3 N–H and O–H groups in total. The number of nitrogens with one attached hydrogen (secondary N) is 1. The van der Waals surface area contributed by atoms with Crippen LogP contribution in [-0.2, 0) is 10.0 Å². The van der Waals surface area contributed by atoms with Gasteiger partial charge in [0, 0.05) is 11.8 Å². The van der Waals surface area contributed by atoms with Crippen LogP contribution in [0.4, 0.5) is 11.4 Å². The van der Waals surface area contributed by atoms with Gasteiger partial charge in [0.2, 0.25) is 0 Å². The van der Waals surface area contributed by atoms with E-state index in [1.807, 2.05) is 0 Å². The number of benzene rings is 2. The van der Waals surface area contributed by atoms with Crippen molar-refractivity contribution < 1.29 is 33.1 Å². The summed E-state index contributed by atoms with van der Waals surface area (Å²) in [6, 6.07) is 6.14. The first-order chi connectivity index (χ1) is 11.7. The van der Waals surface area contributed by atoms with Crippen LogP contribution in [0.5, 0.6) is 11.5 Å². The molecular formula is C14H12N2O8S. The van der Waals surface area contributed by atoms with Crippen molar-refractivity contribution in [3.05, 3.63) is 52.1 Å². The number of anilines is 1. The zero-order chi connectivity index (χ0) is 18.8. The summed E-state index contributed by atoms with van der Waals surface area (Å²) in [5, 5.41) is 29.4.